The van der Waals surface area contributed by atoms with Crippen LogP contribution in [0.1, 0.15) is 17.8 Å². The minimum absolute atomic E-state index is 0.103. The largest absolute Gasteiger partial charge is 0.385 e. The van der Waals surface area contributed by atoms with Crippen molar-refractivity contribution >= 4 is 22.2 Å². The number of rotatable bonds is 6. The molecular weight excluding hydrogens is 278 g/mol. The molecular formula is C13H17N3O3S. The highest BCUT2D eigenvalue weighted by molar-refractivity contribution is 7.15. The molecule has 0 aliphatic carbocycles. The number of aromatic nitrogens is 2. The van der Waals surface area contributed by atoms with Gasteiger partial charge in [-0.1, -0.05) is 0 Å². The maximum absolute atomic E-state index is 11.9. The van der Waals surface area contributed by atoms with E-state index in [4.69, 9.17) is 4.74 Å². The number of thiazole rings is 1. The number of nitrogens with zero attached hydrogens (tertiary/aromatic N) is 2. The molecule has 20 heavy (non-hydrogen) atoms. The Labute approximate surface area is 120 Å². The molecule has 1 amide bonds. The SMILES string of the molecule is COCCCNC(=O)Cc1csc2nc(C)cc(=O)n12. The zero-order valence-corrected chi connectivity index (χ0v) is 12.3. The lowest BCUT2D eigenvalue weighted by Gasteiger charge is -2.04. The van der Waals surface area contributed by atoms with Crippen molar-refractivity contribution in [3.8, 4) is 0 Å². The summed E-state index contributed by atoms with van der Waals surface area (Å²) < 4.78 is 6.40. The first kappa shape index (κ1) is 14.7. The zero-order chi connectivity index (χ0) is 14.5. The Morgan fingerprint density at radius 2 is 2.35 bits per heavy atom. The Kier molecular flexibility index (Phi) is 4.86. The fourth-order valence-corrected chi connectivity index (χ4v) is 2.82. The van der Waals surface area contributed by atoms with Gasteiger partial charge in [-0.3, -0.25) is 14.0 Å². The lowest BCUT2D eigenvalue weighted by molar-refractivity contribution is -0.120. The Hall–Kier alpha value is -1.73. The summed E-state index contributed by atoms with van der Waals surface area (Å²) in [5.74, 6) is -0.103. The van der Waals surface area contributed by atoms with Crippen molar-refractivity contribution in [1.82, 2.24) is 14.7 Å². The molecule has 0 fully saturated rings. The molecule has 0 aromatic carbocycles. The fourth-order valence-electron chi connectivity index (χ4n) is 1.88. The second-order valence-corrected chi connectivity index (χ2v) is 5.29. The van der Waals surface area contributed by atoms with Crippen molar-refractivity contribution in [3.63, 3.8) is 0 Å². The van der Waals surface area contributed by atoms with E-state index in [2.05, 4.69) is 10.3 Å². The van der Waals surface area contributed by atoms with E-state index in [1.807, 2.05) is 0 Å². The van der Waals surface area contributed by atoms with Gasteiger partial charge in [-0.25, -0.2) is 4.98 Å². The average Bonchev–Trinajstić information content (AvgIpc) is 2.77. The first-order chi connectivity index (χ1) is 9.61. The van der Waals surface area contributed by atoms with E-state index >= 15 is 0 Å². The quantitative estimate of drug-likeness (QED) is 0.799. The highest BCUT2D eigenvalue weighted by atomic mass is 32.1. The van der Waals surface area contributed by atoms with Crippen LogP contribution in [0.25, 0.3) is 4.96 Å². The number of hydrogen-bond acceptors (Lipinski definition) is 5. The summed E-state index contributed by atoms with van der Waals surface area (Å²) in [5, 5.41) is 4.60. The second kappa shape index (κ2) is 6.62. The molecule has 6 nitrogen and oxygen atoms in total. The Morgan fingerprint density at radius 3 is 3.10 bits per heavy atom. The monoisotopic (exact) mass is 295 g/mol. The number of aryl methyl sites for hydroxylation is 1. The predicted molar refractivity (Wildman–Crippen MR) is 77.3 cm³/mol. The first-order valence-corrected chi connectivity index (χ1v) is 7.22. The molecule has 0 aliphatic rings. The number of nitrogens with one attached hydrogen (secondary N) is 1. The van der Waals surface area contributed by atoms with Gasteiger partial charge in [0.15, 0.2) is 4.96 Å². The third kappa shape index (κ3) is 3.43. The van der Waals surface area contributed by atoms with Crippen LogP contribution in [-0.4, -0.2) is 35.6 Å². The Bertz CT molecular complexity index is 662. The number of methoxy groups -OCH3 is 1. The standard InChI is InChI=1S/C13H17N3O3S/c1-9-6-12(18)16-10(8-20-13(16)15-9)7-11(17)14-4-3-5-19-2/h6,8H,3-5,7H2,1-2H3,(H,14,17). The summed E-state index contributed by atoms with van der Waals surface area (Å²) in [5.41, 5.74) is 1.22. The van der Waals surface area contributed by atoms with Gasteiger partial charge in [0.1, 0.15) is 0 Å². The average molecular weight is 295 g/mol. The number of carbonyl (C=O) groups is 1. The van der Waals surface area contributed by atoms with Gasteiger partial charge in [-0.05, 0) is 13.3 Å². The molecule has 0 unspecified atom stereocenters. The van der Waals surface area contributed by atoms with Crippen molar-refractivity contribution in [2.45, 2.75) is 19.8 Å². The van der Waals surface area contributed by atoms with Crippen molar-refractivity contribution in [2.24, 2.45) is 0 Å². The number of carbonyl (C=O) groups excluding carboxylic acids is 1. The highest BCUT2D eigenvalue weighted by Gasteiger charge is 2.11. The molecule has 7 heteroatoms. The van der Waals surface area contributed by atoms with E-state index < -0.39 is 0 Å². The van der Waals surface area contributed by atoms with E-state index in [0.717, 1.165) is 6.42 Å². The molecule has 0 atom stereocenters. The van der Waals surface area contributed by atoms with Gasteiger partial charge < -0.3 is 10.1 Å². The summed E-state index contributed by atoms with van der Waals surface area (Å²) in [7, 11) is 1.63. The molecule has 0 radical (unpaired) electrons. The van der Waals surface area contributed by atoms with Crippen LogP contribution in [-0.2, 0) is 16.0 Å². The molecule has 0 saturated heterocycles. The van der Waals surface area contributed by atoms with Gasteiger partial charge in [0.25, 0.3) is 5.56 Å². The summed E-state index contributed by atoms with van der Waals surface area (Å²) in [4.78, 5) is 28.7. The zero-order valence-electron chi connectivity index (χ0n) is 11.5. The van der Waals surface area contributed by atoms with Gasteiger partial charge in [0.2, 0.25) is 5.91 Å². The lowest BCUT2D eigenvalue weighted by Crippen LogP contribution is -2.28. The van der Waals surface area contributed by atoms with Gasteiger partial charge in [-0.15, -0.1) is 11.3 Å². The normalized spacial score (nSPS) is 10.9. The van der Waals surface area contributed by atoms with Crippen molar-refractivity contribution in [2.75, 3.05) is 20.3 Å². The van der Waals surface area contributed by atoms with Gasteiger partial charge in [-0.2, -0.15) is 0 Å². The molecule has 2 rings (SSSR count). The number of hydrogen-bond donors (Lipinski definition) is 1. The third-order valence-corrected chi connectivity index (χ3v) is 3.67. The Balaban J connectivity index is 2.07. The van der Waals surface area contributed by atoms with Crippen LogP contribution in [0, 0.1) is 6.92 Å². The van der Waals surface area contributed by atoms with Gasteiger partial charge in [0, 0.05) is 43.1 Å². The van der Waals surface area contributed by atoms with E-state index in [0.29, 0.717) is 29.5 Å². The maximum atomic E-state index is 11.9. The third-order valence-electron chi connectivity index (χ3n) is 2.79. The molecule has 0 spiro atoms. The first-order valence-electron chi connectivity index (χ1n) is 6.34. The minimum atomic E-state index is -0.143. The van der Waals surface area contributed by atoms with E-state index in [1.54, 1.807) is 19.4 Å². The van der Waals surface area contributed by atoms with E-state index in [-0.39, 0.29) is 17.9 Å². The summed E-state index contributed by atoms with van der Waals surface area (Å²) in [6, 6.07) is 1.47. The van der Waals surface area contributed by atoms with Crippen molar-refractivity contribution in [3.05, 3.63) is 33.2 Å². The Morgan fingerprint density at radius 1 is 1.55 bits per heavy atom. The minimum Gasteiger partial charge on any atom is -0.385 e. The highest BCUT2D eigenvalue weighted by Crippen LogP contribution is 2.13. The molecule has 0 aliphatic heterocycles. The fraction of sp³-hybridized carbons (Fsp3) is 0.462. The molecule has 1 N–H and O–H groups in total. The van der Waals surface area contributed by atoms with Crippen LogP contribution in [0.15, 0.2) is 16.2 Å². The van der Waals surface area contributed by atoms with Crippen LogP contribution in [0.5, 0.6) is 0 Å². The van der Waals surface area contributed by atoms with Crippen LogP contribution in [0.4, 0.5) is 0 Å². The van der Waals surface area contributed by atoms with Crippen LogP contribution < -0.4 is 10.9 Å². The van der Waals surface area contributed by atoms with E-state index in [1.165, 1.54) is 21.8 Å². The molecule has 108 valence electrons. The van der Waals surface area contributed by atoms with Crippen LogP contribution in [0.2, 0.25) is 0 Å². The summed E-state index contributed by atoms with van der Waals surface area (Å²) in [6.07, 6.45) is 0.949. The molecule has 2 aromatic rings. The molecule has 2 heterocycles. The number of amides is 1. The van der Waals surface area contributed by atoms with Crippen molar-refractivity contribution < 1.29 is 9.53 Å². The molecule has 0 saturated carbocycles. The van der Waals surface area contributed by atoms with Gasteiger partial charge >= 0.3 is 0 Å². The van der Waals surface area contributed by atoms with Crippen LogP contribution >= 0.6 is 11.3 Å². The maximum Gasteiger partial charge on any atom is 0.258 e. The smallest absolute Gasteiger partial charge is 0.258 e. The number of fused-ring (bicyclic) bond motifs is 1. The topological polar surface area (TPSA) is 72.7 Å². The predicted octanol–water partition coefficient (Wildman–Crippen LogP) is 0.760. The molecule has 2 aromatic heterocycles. The van der Waals surface area contributed by atoms with Gasteiger partial charge in [0.05, 0.1) is 6.42 Å². The summed E-state index contributed by atoms with van der Waals surface area (Å²) >= 11 is 1.37. The van der Waals surface area contributed by atoms with Crippen LogP contribution in [0.3, 0.4) is 0 Å². The number of ether oxygens (including phenoxy) is 1. The van der Waals surface area contributed by atoms with Crippen molar-refractivity contribution in [1.29, 1.82) is 0 Å². The lowest BCUT2D eigenvalue weighted by atomic mass is 10.3. The second-order valence-electron chi connectivity index (χ2n) is 4.45. The van der Waals surface area contributed by atoms with E-state index in [9.17, 15) is 9.59 Å². The summed E-state index contributed by atoms with van der Waals surface area (Å²) in [6.45, 7) is 2.97. The molecule has 0 bridgehead atoms.